The second kappa shape index (κ2) is 6.04. The van der Waals surface area contributed by atoms with Crippen molar-refractivity contribution in [2.24, 2.45) is 0 Å². The van der Waals surface area contributed by atoms with Crippen LogP contribution in [-0.4, -0.2) is 22.5 Å². The molecule has 0 aliphatic rings. The molecule has 0 aliphatic carbocycles. The van der Waals surface area contributed by atoms with Gasteiger partial charge < -0.3 is 10.1 Å². The van der Waals surface area contributed by atoms with Gasteiger partial charge in [0.1, 0.15) is 17.1 Å². The third-order valence-electron chi connectivity index (χ3n) is 1.89. The van der Waals surface area contributed by atoms with E-state index in [1.54, 1.807) is 6.92 Å². The number of ether oxygens (including phenoxy) is 1. The van der Waals surface area contributed by atoms with Gasteiger partial charge in [0.15, 0.2) is 5.82 Å². The summed E-state index contributed by atoms with van der Waals surface area (Å²) >= 11 is 0. The minimum absolute atomic E-state index is 0.0228. The lowest BCUT2D eigenvalue weighted by atomic mass is 10.2. The lowest BCUT2D eigenvalue weighted by Crippen LogP contribution is -2.11. The standard InChI is InChI=1S/C11H13F2N3O2/c1-4-18-6(2)9-10(11(12)13)16-8(5-14-9)15-7(3)17/h5,11H,2,4H2,1,3H3,(H,15,16,17). The molecule has 18 heavy (non-hydrogen) atoms. The normalized spacial score (nSPS) is 10.3. The van der Waals surface area contributed by atoms with E-state index in [9.17, 15) is 13.6 Å². The molecule has 0 bridgehead atoms. The lowest BCUT2D eigenvalue weighted by molar-refractivity contribution is -0.114. The van der Waals surface area contributed by atoms with Gasteiger partial charge in [-0.1, -0.05) is 6.58 Å². The van der Waals surface area contributed by atoms with Crippen LogP contribution in [0.5, 0.6) is 0 Å². The number of carbonyl (C=O) groups excluding carboxylic acids is 1. The Bertz CT molecular complexity index is 464. The molecule has 1 amide bonds. The molecule has 0 aromatic carbocycles. The van der Waals surface area contributed by atoms with Gasteiger partial charge in [0.2, 0.25) is 5.91 Å². The molecule has 0 saturated carbocycles. The number of hydrogen-bond donors (Lipinski definition) is 1. The molecule has 1 N–H and O–H groups in total. The summed E-state index contributed by atoms with van der Waals surface area (Å²) in [5, 5.41) is 2.28. The van der Waals surface area contributed by atoms with Crippen LogP contribution >= 0.6 is 0 Å². The average Bonchev–Trinajstić information content (AvgIpc) is 2.28. The number of amides is 1. The van der Waals surface area contributed by atoms with Gasteiger partial charge in [0, 0.05) is 6.92 Å². The van der Waals surface area contributed by atoms with Gasteiger partial charge in [-0.25, -0.2) is 18.7 Å². The first kappa shape index (κ1) is 14.0. The molecule has 98 valence electrons. The molecule has 0 atom stereocenters. The molecule has 0 fully saturated rings. The topological polar surface area (TPSA) is 64.1 Å². The van der Waals surface area contributed by atoms with E-state index in [0.29, 0.717) is 0 Å². The number of anilines is 1. The summed E-state index contributed by atoms with van der Waals surface area (Å²) < 4.78 is 30.7. The quantitative estimate of drug-likeness (QED) is 0.822. The number of nitrogens with one attached hydrogen (secondary N) is 1. The van der Waals surface area contributed by atoms with Crippen LogP contribution in [0.2, 0.25) is 0 Å². The van der Waals surface area contributed by atoms with Gasteiger partial charge in [0.05, 0.1) is 12.8 Å². The van der Waals surface area contributed by atoms with E-state index >= 15 is 0 Å². The first-order valence-corrected chi connectivity index (χ1v) is 5.20. The second-order valence-corrected chi connectivity index (χ2v) is 3.33. The number of nitrogens with zero attached hydrogens (tertiary/aromatic N) is 2. The zero-order valence-corrected chi connectivity index (χ0v) is 10.0. The molecule has 5 nitrogen and oxygen atoms in total. The van der Waals surface area contributed by atoms with Crippen molar-refractivity contribution >= 4 is 17.5 Å². The molecule has 7 heteroatoms. The van der Waals surface area contributed by atoms with Crippen molar-refractivity contribution in [2.75, 3.05) is 11.9 Å². The molecular weight excluding hydrogens is 244 g/mol. The van der Waals surface area contributed by atoms with Crippen molar-refractivity contribution in [2.45, 2.75) is 20.3 Å². The Hall–Kier alpha value is -2.05. The Balaban J connectivity index is 3.12. The van der Waals surface area contributed by atoms with Gasteiger partial charge in [0.25, 0.3) is 6.43 Å². The molecule has 1 rings (SSSR count). The molecule has 1 aromatic rings. The molecule has 0 spiro atoms. The smallest absolute Gasteiger partial charge is 0.282 e. The zero-order valence-electron chi connectivity index (χ0n) is 10.0. The van der Waals surface area contributed by atoms with Crippen LogP contribution in [0, 0.1) is 0 Å². The summed E-state index contributed by atoms with van der Waals surface area (Å²) in [6.07, 6.45) is -1.66. The predicted octanol–water partition coefficient (Wildman–Crippen LogP) is 2.38. The number of hydrogen-bond acceptors (Lipinski definition) is 4. The van der Waals surface area contributed by atoms with Crippen LogP contribution in [0.15, 0.2) is 12.8 Å². The fourth-order valence-electron chi connectivity index (χ4n) is 1.25. The van der Waals surface area contributed by atoms with Gasteiger partial charge in [-0.05, 0) is 6.92 Å². The van der Waals surface area contributed by atoms with Crippen molar-refractivity contribution in [1.82, 2.24) is 9.97 Å². The fraction of sp³-hybridized carbons (Fsp3) is 0.364. The number of halogens is 2. The van der Waals surface area contributed by atoms with Crippen molar-refractivity contribution in [1.29, 1.82) is 0 Å². The van der Waals surface area contributed by atoms with Crippen LogP contribution in [0.4, 0.5) is 14.6 Å². The number of aromatic nitrogens is 2. The van der Waals surface area contributed by atoms with E-state index in [2.05, 4.69) is 21.9 Å². The number of carbonyl (C=O) groups is 1. The molecule has 0 unspecified atom stereocenters. The Morgan fingerprint density at radius 1 is 1.61 bits per heavy atom. The van der Waals surface area contributed by atoms with Gasteiger partial charge >= 0.3 is 0 Å². The second-order valence-electron chi connectivity index (χ2n) is 3.33. The van der Waals surface area contributed by atoms with Crippen LogP contribution in [0.25, 0.3) is 5.76 Å². The van der Waals surface area contributed by atoms with Crippen LogP contribution < -0.4 is 5.32 Å². The predicted molar refractivity (Wildman–Crippen MR) is 62.0 cm³/mol. The largest absolute Gasteiger partial charge is 0.492 e. The van der Waals surface area contributed by atoms with Gasteiger partial charge in [-0.3, -0.25) is 4.79 Å². The number of alkyl halides is 2. The van der Waals surface area contributed by atoms with E-state index in [4.69, 9.17) is 4.74 Å². The lowest BCUT2D eigenvalue weighted by Gasteiger charge is -2.11. The van der Waals surface area contributed by atoms with E-state index in [1.165, 1.54) is 13.1 Å². The highest BCUT2D eigenvalue weighted by Crippen LogP contribution is 2.25. The van der Waals surface area contributed by atoms with E-state index in [0.717, 1.165) is 0 Å². The maximum Gasteiger partial charge on any atom is 0.282 e. The average molecular weight is 257 g/mol. The van der Waals surface area contributed by atoms with E-state index < -0.39 is 18.0 Å². The van der Waals surface area contributed by atoms with Crippen molar-refractivity contribution in [3.05, 3.63) is 24.2 Å². The molecular formula is C11H13F2N3O2. The molecule has 1 heterocycles. The molecule has 1 aromatic heterocycles. The highest BCUT2D eigenvalue weighted by molar-refractivity contribution is 5.87. The first-order chi connectivity index (χ1) is 8.45. The minimum Gasteiger partial charge on any atom is -0.492 e. The Labute approximate surface area is 103 Å². The fourth-order valence-corrected chi connectivity index (χ4v) is 1.25. The van der Waals surface area contributed by atoms with Crippen LogP contribution in [-0.2, 0) is 9.53 Å². The summed E-state index contributed by atoms with van der Waals surface area (Å²) in [5.74, 6) is -0.429. The Morgan fingerprint density at radius 3 is 2.78 bits per heavy atom. The summed E-state index contributed by atoms with van der Waals surface area (Å²) in [4.78, 5) is 18.2. The Morgan fingerprint density at radius 2 is 2.28 bits per heavy atom. The van der Waals surface area contributed by atoms with E-state index in [1.807, 2.05) is 0 Å². The minimum atomic E-state index is -2.83. The summed E-state index contributed by atoms with van der Waals surface area (Å²) in [6, 6.07) is 0. The summed E-state index contributed by atoms with van der Waals surface area (Å²) in [6.45, 7) is 6.74. The van der Waals surface area contributed by atoms with E-state index in [-0.39, 0.29) is 23.9 Å². The van der Waals surface area contributed by atoms with Gasteiger partial charge in [-0.2, -0.15) is 0 Å². The number of rotatable bonds is 5. The maximum absolute atomic E-state index is 12.8. The third kappa shape index (κ3) is 3.47. The van der Waals surface area contributed by atoms with Crippen molar-refractivity contribution in [3.63, 3.8) is 0 Å². The Kier molecular flexibility index (Phi) is 4.70. The summed E-state index contributed by atoms with van der Waals surface area (Å²) in [7, 11) is 0. The SMILES string of the molecule is C=C(OCC)c1ncc(NC(C)=O)nc1C(F)F. The monoisotopic (exact) mass is 257 g/mol. The molecule has 0 aliphatic heterocycles. The van der Waals surface area contributed by atoms with Crippen molar-refractivity contribution < 1.29 is 18.3 Å². The van der Waals surface area contributed by atoms with Gasteiger partial charge in [-0.15, -0.1) is 0 Å². The summed E-state index contributed by atoms with van der Waals surface area (Å²) in [5.41, 5.74) is -0.680. The molecule has 0 radical (unpaired) electrons. The first-order valence-electron chi connectivity index (χ1n) is 5.20. The maximum atomic E-state index is 12.8. The van der Waals surface area contributed by atoms with Crippen LogP contribution in [0.1, 0.15) is 31.7 Å². The van der Waals surface area contributed by atoms with Crippen LogP contribution in [0.3, 0.4) is 0 Å². The highest BCUT2D eigenvalue weighted by atomic mass is 19.3. The van der Waals surface area contributed by atoms with Crippen molar-refractivity contribution in [3.8, 4) is 0 Å². The molecule has 0 saturated heterocycles. The third-order valence-corrected chi connectivity index (χ3v) is 1.89. The zero-order chi connectivity index (χ0) is 13.7. The highest BCUT2D eigenvalue weighted by Gasteiger charge is 2.20.